The van der Waals surface area contributed by atoms with Crippen molar-refractivity contribution in [2.24, 2.45) is 0 Å². The molecular formula is C32H38N4O4. The van der Waals surface area contributed by atoms with E-state index in [1.807, 2.05) is 43.3 Å². The van der Waals surface area contributed by atoms with Gasteiger partial charge in [0.2, 0.25) is 17.7 Å². The first kappa shape index (κ1) is 28.8. The van der Waals surface area contributed by atoms with Crippen molar-refractivity contribution in [3.63, 3.8) is 0 Å². The van der Waals surface area contributed by atoms with Crippen LogP contribution in [0.3, 0.4) is 0 Å². The van der Waals surface area contributed by atoms with Crippen LogP contribution < -0.4 is 20.3 Å². The summed E-state index contributed by atoms with van der Waals surface area (Å²) >= 11 is 0. The Bertz CT molecular complexity index is 1260. The van der Waals surface area contributed by atoms with Crippen LogP contribution in [-0.2, 0) is 14.4 Å². The number of hydrogen-bond donors (Lipinski definition) is 2. The average Bonchev–Trinajstić information content (AvgIpc) is 2.97. The SMILES string of the molecule is COc1ccc([C@H](C(=O)NC2CCCCC2)N(C(=O)CCCC(=O)Nc2ccccn2)c2ccc(C)cc2)cc1. The number of methoxy groups -OCH3 is 1. The van der Waals surface area contributed by atoms with E-state index in [1.165, 1.54) is 6.42 Å². The summed E-state index contributed by atoms with van der Waals surface area (Å²) < 4.78 is 5.33. The van der Waals surface area contributed by atoms with Gasteiger partial charge in [-0.3, -0.25) is 19.3 Å². The van der Waals surface area contributed by atoms with Crippen LogP contribution in [0.15, 0.2) is 72.9 Å². The summed E-state index contributed by atoms with van der Waals surface area (Å²) in [5.41, 5.74) is 2.37. The maximum absolute atomic E-state index is 13.9. The average molecular weight is 543 g/mol. The molecule has 1 fully saturated rings. The smallest absolute Gasteiger partial charge is 0.248 e. The quantitative estimate of drug-likeness (QED) is 0.322. The number of pyridine rings is 1. The molecule has 1 saturated carbocycles. The van der Waals surface area contributed by atoms with Crippen molar-refractivity contribution in [1.82, 2.24) is 10.3 Å². The van der Waals surface area contributed by atoms with E-state index in [0.717, 1.165) is 31.2 Å². The summed E-state index contributed by atoms with van der Waals surface area (Å²) in [5.74, 6) is 0.490. The summed E-state index contributed by atoms with van der Waals surface area (Å²) in [6.45, 7) is 1.98. The van der Waals surface area contributed by atoms with Gasteiger partial charge in [0.1, 0.15) is 17.6 Å². The first-order chi connectivity index (χ1) is 19.4. The van der Waals surface area contributed by atoms with E-state index < -0.39 is 6.04 Å². The largest absolute Gasteiger partial charge is 0.497 e. The third-order valence-corrected chi connectivity index (χ3v) is 7.20. The first-order valence-electron chi connectivity index (χ1n) is 14.0. The van der Waals surface area contributed by atoms with E-state index in [0.29, 0.717) is 29.2 Å². The van der Waals surface area contributed by atoms with E-state index in [-0.39, 0.29) is 36.6 Å². The van der Waals surface area contributed by atoms with Gasteiger partial charge in [-0.25, -0.2) is 4.98 Å². The molecule has 2 aromatic carbocycles. The zero-order valence-corrected chi connectivity index (χ0v) is 23.3. The highest BCUT2D eigenvalue weighted by atomic mass is 16.5. The summed E-state index contributed by atoms with van der Waals surface area (Å²) in [6.07, 6.45) is 7.42. The number of benzene rings is 2. The van der Waals surface area contributed by atoms with Crippen molar-refractivity contribution in [3.8, 4) is 5.75 Å². The number of nitrogens with one attached hydrogen (secondary N) is 2. The van der Waals surface area contributed by atoms with Crippen LogP contribution >= 0.6 is 0 Å². The van der Waals surface area contributed by atoms with Crippen molar-refractivity contribution in [2.45, 2.75) is 70.4 Å². The number of carbonyl (C=O) groups excluding carboxylic acids is 3. The van der Waals surface area contributed by atoms with Crippen LogP contribution in [0.2, 0.25) is 0 Å². The highest BCUT2D eigenvalue weighted by Crippen LogP contribution is 2.31. The number of nitrogens with zero attached hydrogens (tertiary/aromatic N) is 2. The van der Waals surface area contributed by atoms with Crippen molar-refractivity contribution in [3.05, 3.63) is 84.1 Å². The van der Waals surface area contributed by atoms with E-state index >= 15 is 0 Å². The Labute approximate surface area is 236 Å². The van der Waals surface area contributed by atoms with Crippen LogP contribution in [0.5, 0.6) is 5.75 Å². The zero-order valence-electron chi connectivity index (χ0n) is 23.3. The lowest BCUT2D eigenvalue weighted by molar-refractivity contribution is -0.127. The molecule has 8 nitrogen and oxygen atoms in total. The molecule has 4 rings (SSSR count). The number of anilines is 2. The van der Waals surface area contributed by atoms with E-state index in [2.05, 4.69) is 15.6 Å². The third kappa shape index (κ3) is 7.91. The van der Waals surface area contributed by atoms with Crippen LogP contribution in [-0.4, -0.2) is 35.9 Å². The van der Waals surface area contributed by atoms with E-state index in [4.69, 9.17) is 4.74 Å². The summed E-state index contributed by atoms with van der Waals surface area (Å²) in [4.78, 5) is 46.0. The Hall–Kier alpha value is -4.20. The van der Waals surface area contributed by atoms with Gasteiger partial charge in [-0.15, -0.1) is 0 Å². The summed E-state index contributed by atoms with van der Waals surface area (Å²) in [6, 6.07) is 19.4. The van der Waals surface area contributed by atoms with Crippen molar-refractivity contribution in [2.75, 3.05) is 17.3 Å². The van der Waals surface area contributed by atoms with Crippen LogP contribution in [0.1, 0.15) is 68.5 Å². The fourth-order valence-electron chi connectivity index (χ4n) is 5.04. The molecule has 2 N–H and O–H groups in total. The van der Waals surface area contributed by atoms with Crippen LogP contribution in [0, 0.1) is 6.92 Å². The molecule has 1 aliphatic rings. The maximum Gasteiger partial charge on any atom is 0.248 e. The Kier molecular flexibility index (Phi) is 10.3. The van der Waals surface area contributed by atoms with Gasteiger partial charge < -0.3 is 15.4 Å². The molecule has 210 valence electrons. The molecule has 0 spiro atoms. The molecule has 40 heavy (non-hydrogen) atoms. The molecule has 1 atom stereocenters. The molecule has 1 heterocycles. The molecule has 0 aliphatic heterocycles. The lowest BCUT2D eigenvalue weighted by atomic mass is 9.94. The lowest BCUT2D eigenvalue weighted by Crippen LogP contribution is -2.47. The monoisotopic (exact) mass is 542 g/mol. The predicted molar refractivity (Wildman–Crippen MR) is 156 cm³/mol. The fraction of sp³-hybridized carbons (Fsp3) is 0.375. The number of rotatable bonds is 11. The normalized spacial score (nSPS) is 14.2. The second kappa shape index (κ2) is 14.3. The molecule has 0 bridgehead atoms. The van der Waals surface area contributed by atoms with Crippen molar-refractivity contribution in [1.29, 1.82) is 0 Å². The van der Waals surface area contributed by atoms with Gasteiger partial charge in [0.05, 0.1) is 7.11 Å². The molecule has 0 saturated heterocycles. The number of hydrogen-bond acceptors (Lipinski definition) is 5. The fourth-order valence-corrected chi connectivity index (χ4v) is 5.04. The van der Waals surface area contributed by atoms with Crippen LogP contribution in [0.4, 0.5) is 11.5 Å². The standard InChI is InChI=1S/C32H38N4O4/c1-23-14-18-26(19-15-23)36(30(38)13-8-12-29(37)35-28-11-6-7-22-33-28)31(24-16-20-27(40-2)21-17-24)32(39)34-25-9-4-3-5-10-25/h6-7,11,14-22,25,31H,3-5,8-10,12-13H2,1-2H3,(H,34,39)(H,33,35,37)/t31-/m1/s1. The minimum Gasteiger partial charge on any atom is -0.497 e. The van der Waals surface area contributed by atoms with E-state index in [9.17, 15) is 14.4 Å². The minimum absolute atomic E-state index is 0.0901. The van der Waals surface area contributed by atoms with Crippen molar-refractivity contribution >= 4 is 29.2 Å². The Balaban J connectivity index is 1.58. The Morgan fingerprint density at radius 1 is 0.950 bits per heavy atom. The molecule has 1 aromatic heterocycles. The van der Waals surface area contributed by atoms with Crippen LogP contribution in [0.25, 0.3) is 0 Å². The molecule has 3 aromatic rings. The molecule has 0 radical (unpaired) electrons. The van der Waals surface area contributed by atoms with Gasteiger partial charge in [0.15, 0.2) is 0 Å². The highest BCUT2D eigenvalue weighted by molar-refractivity contribution is 6.01. The van der Waals surface area contributed by atoms with Gasteiger partial charge in [0, 0.05) is 30.8 Å². The van der Waals surface area contributed by atoms with Gasteiger partial charge in [-0.2, -0.15) is 0 Å². The molecule has 0 unspecified atom stereocenters. The second-order valence-corrected chi connectivity index (χ2v) is 10.2. The van der Waals surface area contributed by atoms with Gasteiger partial charge in [-0.1, -0.05) is 55.2 Å². The number of carbonyl (C=O) groups is 3. The lowest BCUT2D eigenvalue weighted by Gasteiger charge is -2.33. The minimum atomic E-state index is -0.870. The molecule has 8 heteroatoms. The maximum atomic E-state index is 13.9. The topological polar surface area (TPSA) is 101 Å². The Morgan fingerprint density at radius 3 is 2.33 bits per heavy atom. The second-order valence-electron chi connectivity index (χ2n) is 10.2. The Morgan fingerprint density at radius 2 is 1.68 bits per heavy atom. The van der Waals surface area contributed by atoms with Gasteiger partial charge in [-0.05, 0) is 68.1 Å². The zero-order chi connectivity index (χ0) is 28.3. The molecule has 3 amide bonds. The summed E-state index contributed by atoms with van der Waals surface area (Å²) in [5, 5.41) is 5.98. The number of ether oxygens (including phenoxy) is 1. The molecular weight excluding hydrogens is 504 g/mol. The third-order valence-electron chi connectivity index (χ3n) is 7.20. The number of aromatic nitrogens is 1. The van der Waals surface area contributed by atoms with E-state index in [1.54, 1.807) is 48.5 Å². The molecule has 1 aliphatic carbocycles. The van der Waals surface area contributed by atoms with Gasteiger partial charge >= 0.3 is 0 Å². The number of amides is 3. The van der Waals surface area contributed by atoms with Gasteiger partial charge in [0.25, 0.3) is 0 Å². The first-order valence-corrected chi connectivity index (χ1v) is 14.0. The number of aryl methyl sites for hydroxylation is 1. The predicted octanol–water partition coefficient (Wildman–Crippen LogP) is 5.73. The van der Waals surface area contributed by atoms with Crippen molar-refractivity contribution < 1.29 is 19.1 Å². The highest BCUT2D eigenvalue weighted by Gasteiger charge is 2.34. The summed E-state index contributed by atoms with van der Waals surface area (Å²) in [7, 11) is 1.59.